The molecule has 0 aliphatic rings. The Hall–Kier alpha value is -2.33. The summed E-state index contributed by atoms with van der Waals surface area (Å²) in [7, 11) is -4.47. The van der Waals surface area contributed by atoms with E-state index in [0.717, 1.165) is 12.1 Å². The summed E-state index contributed by atoms with van der Waals surface area (Å²) < 4.78 is 65.3. The molecule has 0 fully saturated rings. The number of hydrogen-bond donors (Lipinski definition) is 0. The van der Waals surface area contributed by atoms with Crippen LogP contribution in [-0.4, -0.2) is 18.4 Å². The lowest BCUT2D eigenvalue weighted by molar-refractivity contribution is -0.255. The lowest BCUT2D eigenvalue weighted by Crippen LogP contribution is -2.28. The number of halogens is 4. The third kappa shape index (κ3) is 2.99. The molecule has 0 saturated heterocycles. The van der Waals surface area contributed by atoms with Gasteiger partial charge in [-0.25, -0.2) is 12.4 Å². The van der Waals surface area contributed by atoms with Crippen LogP contribution in [0.4, 0.5) is 13.2 Å². The number of carbonyl (C=O) groups excluding carboxylic acids is 1. The van der Waals surface area contributed by atoms with E-state index < -0.39 is 38.9 Å². The van der Waals surface area contributed by atoms with Crippen LogP contribution in [0.3, 0.4) is 0 Å². The molecule has 0 saturated carbocycles. The number of rotatable bonds is 3. The molecule has 0 amide bonds. The van der Waals surface area contributed by atoms with Crippen LogP contribution in [-0.2, 0) is 16.2 Å². The third-order valence-corrected chi connectivity index (χ3v) is 6.04. The summed E-state index contributed by atoms with van der Waals surface area (Å²) in [4.78, 5) is 11.2. The van der Waals surface area contributed by atoms with Crippen molar-refractivity contribution in [1.82, 2.24) is 3.97 Å². The van der Waals surface area contributed by atoms with Gasteiger partial charge in [-0.3, -0.25) is 0 Å². The molecule has 0 unspecified atom stereocenters. The summed E-state index contributed by atoms with van der Waals surface area (Å²) >= 11 is 2.94. The van der Waals surface area contributed by atoms with Crippen LogP contribution in [0.5, 0.6) is 0 Å². The van der Waals surface area contributed by atoms with Crippen LogP contribution in [0.15, 0.2) is 57.9 Å². The monoisotopic (exact) mass is 446 g/mol. The molecule has 3 rings (SSSR count). The van der Waals surface area contributed by atoms with Gasteiger partial charge >= 0.3 is 6.18 Å². The van der Waals surface area contributed by atoms with Crippen LogP contribution in [0.1, 0.15) is 16.1 Å². The van der Waals surface area contributed by atoms with Crippen molar-refractivity contribution in [2.24, 2.45) is 0 Å². The molecule has 26 heavy (non-hydrogen) atoms. The zero-order valence-electron chi connectivity index (χ0n) is 12.6. The Balaban J connectivity index is 2.45. The third-order valence-electron chi connectivity index (χ3n) is 3.64. The van der Waals surface area contributed by atoms with Gasteiger partial charge in [-0.1, -0.05) is 34.1 Å². The highest BCUT2D eigenvalue weighted by Gasteiger charge is 2.33. The lowest BCUT2D eigenvalue weighted by Gasteiger charge is -2.14. The fourth-order valence-electron chi connectivity index (χ4n) is 2.50. The second-order valence-corrected chi connectivity index (χ2v) is 7.93. The van der Waals surface area contributed by atoms with Crippen molar-refractivity contribution in [1.29, 1.82) is 0 Å². The molecule has 2 aromatic carbocycles. The van der Waals surface area contributed by atoms with E-state index in [4.69, 9.17) is 0 Å². The minimum absolute atomic E-state index is 0.00305. The number of alkyl halides is 3. The van der Waals surface area contributed by atoms with Gasteiger partial charge in [0.05, 0.1) is 27.6 Å². The molecule has 0 aliphatic heterocycles. The fourth-order valence-corrected chi connectivity index (χ4v) is 4.57. The Morgan fingerprint density at radius 3 is 2.23 bits per heavy atom. The summed E-state index contributed by atoms with van der Waals surface area (Å²) in [6.07, 6.45) is -4.75. The average Bonchev–Trinajstić information content (AvgIpc) is 2.96. The van der Waals surface area contributed by atoms with Crippen molar-refractivity contribution in [3.8, 4) is 0 Å². The van der Waals surface area contributed by atoms with Gasteiger partial charge < -0.3 is 9.90 Å². The molecule has 136 valence electrons. The molecular formula is C16H8BrF3NO4S-. The Labute approximate surface area is 153 Å². The summed E-state index contributed by atoms with van der Waals surface area (Å²) in [5.74, 6) is -1.83. The molecule has 0 bridgehead atoms. The highest BCUT2D eigenvalue weighted by Crippen LogP contribution is 2.37. The summed E-state index contributed by atoms with van der Waals surface area (Å²) in [6.45, 7) is 0. The van der Waals surface area contributed by atoms with Crippen molar-refractivity contribution in [2.75, 3.05) is 0 Å². The number of aromatic carboxylic acids is 1. The van der Waals surface area contributed by atoms with Gasteiger partial charge in [0.15, 0.2) is 0 Å². The number of carboxylic acids is 1. The maximum absolute atomic E-state index is 13.1. The largest absolute Gasteiger partial charge is 0.543 e. The number of aromatic nitrogens is 1. The predicted octanol–water partition coefficient (Wildman–Crippen LogP) is 3.02. The van der Waals surface area contributed by atoms with Gasteiger partial charge in [-0.15, -0.1) is 0 Å². The number of hydrogen-bond acceptors (Lipinski definition) is 4. The molecule has 5 nitrogen and oxygen atoms in total. The Kier molecular flexibility index (Phi) is 4.35. The summed E-state index contributed by atoms with van der Waals surface area (Å²) in [5, 5.41) is 11.4. The van der Waals surface area contributed by atoms with Crippen LogP contribution in [0, 0.1) is 0 Å². The van der Waals surface area contributed by atoms with Gasteiger partial charge in [0.2, 0.25) is 0 Å². The van der Waals surface area contributed by atoms with Crippen molar-refractivity contribution < 1.29 is 31.5 Å². The fraction of sp³-hybridized carbons (Fsp3) is 0.0625. The zero-order valence-corrected chi connectivity index (χ0v) is 15.0. The molecule has 1 heterocycles. The number of benzene rings is 2. The van der Waals surface area contributed by atoms with Gasteiger partial charge in [0.25, 0.3) is 10.0 Å². The van der Waals surface area contributed by atoms with E-state index in [1.54, 1.807) is 6.07 Å². The maximum atomic E-state index is 13.1. The smallest absolute Gasteiger partial charge is 0.416 e. The molecule has 0 N–H and O–H groups in total. The van der Waals surface area contributed by atoms with Gasteiger partial charge in [-0.05, 0) is 30.3 Å². The maximum Gasteiger partial charge on any atom is 0.416 e. The van der Waals surface area contributed by atoms with Crippen LogP contribution in [0.2, 0.25) is 0 Å². The number of nitrogens with zero attached hydrogens (tertiary/aromatic N) is 1. The Morgan fingerprint density at radius 1 is 1.08 bits per heavy atom. The zero-order chi connectivity index (χ0) is 19.3. The average molecular weight is 447 g/mol. The quantitative estimate of drug-likeness (QED) is 0.619. The van der Waals surface area contributed by atoms with Crippen LogP contribution in [0.25, 0.3) is 10.9 Å². The van der Waals surface area contributed by atoms with E-state index in [2.05, 4.69) is 15.9 Å². The minimum Gasteiger partial charge on any atom is -0.543 e. The second-order valence-electron chi connectivity index (χ2n) is 5.29. The van der Waals surface area contributed by atoms with Gasteiger partial charge in [-0.2, -0.15) is 13.2 Å². The summed E-state index contributed by atoms with van der Waals surface area (Å²) in [5.41, 5.74) is -2.32. The number of carbonyl (C=O) groups is 1. The molecule has 0 radical (unpaired) electrons. The first-order valence-corrected chi connectivity index (χ1v) is 9.21. The van der Waals surface area contributed by atoms with E-state index >= 15 is 0 Å². The van der Waals surface area contributed by atoms with Gasteiger partial charge in [0, 0.05) is 9.86 Å². The van der Waals surface area contributed by atoms with E-state index in [1.807, 2.05) is 0 Å². The Morgan fingerprint density at radius 2 is 1.69 bits per heavy atom. The minimum atomic E-state index is -4.75. The normalized spacial score (nSPS) is 12.5. The first-order chi connectivity index (χ1) is 12.0. The molecule has 0 atom stereocenters. The first-order valence-electron chi connectivity index (χ1n) is 6.97. The molecular weight excluding hydrogens is 439 g/mol. The molecule has 0 spiro atoms. The van der Waals surface area contributed by atoms with E-state index in [9.17, 15) is 31.5 Å². The van der Waals surface area contributed by atoms with Crippen molar-refractivity contribution in [2.45, 2.75) is 11.1 Å². The van der Waals surface area contributed by atoms with Gasteiger partial charge in [0.1, 0.15) is 0 Å². The first kappa shape index (κ1) is 18.5. The van der Waals surface area contributed by atoms with E-state index in [-0.39, 0.29) is 14.8 Å². The highest BCUT2D eigenvalue weighted by atomic mass is 79.9. The Bertz CT molecular complexity index is 1120. The van der Waals surface area contributed by atoms with Crippen LogP contribution >= 0.6 is 15.9 Å². The predicted molar refractivity (Wildman–Crippen MR) is 88.0 cm³/mol. The lowest BCUT2D eigenvalue weighted by atomic mass is 10.1. The standard InChI is InChI=1S/C16H9BrF3NO4S/c17-12-6-9(16(18,19)20)7-13-11(12)8-14(15(22)23)21(13)26(24,25)10-4-2-1-3-5-10/h1-8H,(H,22,23)/p-1. The van der Waals surface area contributed by atoms with Crippen molar-refractivity contribution in [3.63, 3.8) is 0 Å². The van der Waals surface area contributed by atoms with E-state index in [0.29, 0.717) is 10.0 Å². The number of fused-ring (bicyclic) bond motifs is 1. The SMILES string of the molecule is O=C([O-])c1cc2c(Br)cc(C(F)(F)F)cc2n1S(=O)(=O)c1ccccc1. The van der Waals surface area contributed by atoms with E-state index in [1.165, 1.54) is 24.3 Å². The number of carboxylic acid groups (broad SMARTS) is 1. The molecule has 10 heteroatoms. The highest BCUT2D eigenvalue weighted by molar-refractivity contribution is 9.10. The second kappa shape index (κ2) is 6.13. The van der Waals surface area contributed by atoms with Crippen molar-refractivity contribution in [3.05, 3.63) is 64.3 Å². The molecule has 0 aliphatic carbocycles. The molecule has 3 aromatic rings. The topological polar surface area (TPSA) is 79.2 Å². The summed E-state index contributed by atoms with van der Waals surface area (Å²) in [6, 6.07) is 9.09. The van der Waals surface area contributed by atoms with Crippen LogP contribution < -0.4 is 5.11 Å². The molecule has 1 aromatic heterocycles. The van der Waals surface area contributed by atoms with Crippen molar-refractivity contribution >= 4 is 42.8 Å².